The van der Waals surface area contributed by atoms with Gasteiger partial charge in [0.05, 0.1) is 0 Å². The van der Waals surface area contributed by atoms with Crippen LogP contribution < -0.4 is 5.32 Å². The molecule has 2 rings (SSSR count). The predicted molar refractivity (Wildman–Crippen MR) is 87.1 cm³/mol. The number of nitrogens with one attached hydrogen (secondary N) is 1. The first-order chi connectivity index (χ1) is 9.46. The highest BCUT2D eigenvalue weighted by Crippen LogP contribution is 2.39. The van der Waals surface area contributed by atoms with Crippen LogP contribution in [0.2, 0.25) is 0 Å². The summed E-state index contributed by atoms with van der Waals surface area (Å²) in [5.41, 5.74) is 0.524. The van der Waals surface area contributed by atoms with Crippen LogP contribution in [0.3, 0.4) is 0 Å². The highest BCUT2D eigenvalue weighted by atomic mass is 15.3. The van der Waals surface area contributed by atoms with Crippen LogP contribution in [0, 0.1) is 11.3 Å². The summed E-state index contributed by atoms with van der Waals surface area (Å²) >= 11 is 0. The minimum Gasteiger partial charge on any atom is -0.319 e. The van der Waals surface area contributed by atoms with Gasteiger partial charge in [-0.25, -0.2) is 0 Å². The summed E-state index contributed by atoms with van der Waals surface area (Å²) in [6.45, 7) is 12.1. The molecule has 1 saturated carbocycles. The van der Waals surface area contributed by atoms with Crippen LogP contribution in [0.25, 0.3) is 0 Å². The van der Waals surface area contributed by atoms with E-state index in [4.69, 9.17) is 0 Å². The van der Waals surface area contributed by atoms with Gasteiger partial charge in [0.25, 0.3) is 0 Å². The van der Waals surface area contributed by atoms with E-state index in [9.17, 15) is 0 Å². The number of likely N-dealkylation sites (N-methyl/N-ethyl adjacent to an activating group) is 1. The number of piperazine rings is 1. The van der Waals surface area contributed by atoms with Crippen LogP contribution in [0.15, 0.2) is 0 Å². The van der Waals surface area contributed by atoms with Crippen LogP contribution in [-0.4, -0.2) is 62.2 Å². The van der Waals surface area contributed by atoms with E-state index in [1.807, 2.05) is 0 Å². The van der Waals surface area contributed by atoms with Crippen molar-refractivity contribution in [2.45, 2.75) is 58.5 Å². The van der Waals surface area contributed by atoms with Gasteiger partial charge in [0.1, 0.15) is 0 Å². The largest absolute Gasteiger partial charge is 0.319 e. The molecule has 3 nitrogen and oxygen atoms in total. The SMILES string of the molecule is CNCC1(CN2CC(C)N(C)C(C)C2)CCC(C)CC1. The van der Waals surface area contributed by atoms with Gasteiger partial charge in [-0.3, -0.25) is 9.80 Å². The lowest BCUT2D eigenvalue weighted by atomic mass is 9.70. The Morgan fingerprint density at radius 1 is 1.05 bits per heavy atom. The molecule has 3 heteroatoms. The van der Waals surface area contributed by atoms with Crippen molar-refractivity contribution in [1.82, 2.24) is 15.1 Å². The van der Waals surface area contributed by atoms with Gasteiger partial charge in [0.15, 0.2) is 0 Å². The smallest absolute Gasteiger partial charge is 0.0195 e. The van der Waals surface area contributed by atoms with Crippen LogP contribution in [0.4, 0.5) is 0 Å². The molecule has 2 fully saturated rings. The van der Waals surface area contributed by atoms with Gasteiger partial charge in [-0.15, -0.1) is 0 Å². The van der Waals surface area contributed by atoms with Gasteiger partial charge in [-0.2, -0.15) is 0 Å². The fraction of sp³-hybridized carbons (Fsp3) is 1.00. The molecule has 20 heavy (non-hydrogen) atoms. The van der Waals surface area contributed by atoms with Gasteiger partial charge in [-0.1, -0.05) is 19.8 Å². The van der Waals surface area contributed by atoms with Gasteiger partial charge >= 0.3 is 0 Å². The third kappa shape index (κ3) is 3.75. The van der Waals surface area contributed by atoms with Gasteiger partial charge in [0.2, 0.25) is 0 Å². The first-order valence-corrected chi connectivity index (χ1v) is 8.55. The summed E-state index contributed by atoms with van der Waals surface area (Å²) in [7, 11) is 4.40. The second-order valence-corrected chi connectivity index (χ2v) is 7.77. The summed E-state index contributed by atoms with van der Waals surface area (Å²) < 4.78 is 0. The van der Waals surface area contributed by atoms with Crippen LogP contribution >= 0.6 is 0 Å². The number of hydrogen-bond acceptors (Lipinski definition) is 3. The molecule has 0 radical (unpaired) electrons. The predicted octanol–water partition coefficient (Wildman–Crippen LogP) is 2.43. The third-order valence-corrected chi connectivity index (χ3v) is 5.88. The van der Waals surface area contributed by atoms with Gasteiger partial charge < -0.3 is 5.32 Å². The Labute approximate surface area is 126 Å². The Balaban J connectivity index is 1.98. The van der Waals surface area contributed by atoms with E-state index in [-0.39, 0.29) is 0 Å². The molecule has 1 saturated heterocycles. The number of hydrogen-bond donors (Lipinski definition) is 1. The Kier molecular flexibility index (Phi) is 5.49. The Morgan fingerprint density at radius 2 is 1.60 bits per heavy atom. The molecule has 0 aromatic rings. The summed E-state index contributed by atoms with van der Waals surface area (Å²) in [4.78, 5) is 5.27. The molecule has 2 atom stereocenters. The van der Waals surface area contributed by atoms with Gasteiger partial charge in [-0.05, 0) is 52.1 Å². The lowest BCUT2D eigenvalue weighted by Crippen LogP contribution is -2.58. The van der Waals surface area contributed by atoms with Crippen molar-refractivity contribution < 1.29 is 0 Å². The molecule has 0 bridgehead atoms. The molecular formula is C17H35N3. The molecule has 0 amide bonds. The second kappa shape index (κ2) is 6.76. The minimum absolute atomic E-state index is 0.524. The standard InChI is InChI=1S/C17H35N3/c1-14-6-8-17(9-7-14,12-18-4)13-20-10-15(2)19(5)16(3)11-20/h14-16,18H,6-13H2,1-5H3. The Hall–Kier alpha value is -0.120. The van der Waals surface area contributed by atoms with Crippen molar-refractivity contribution >= 4 is 0 Å². The molecule has 0 aromatic carbocycles. The van der Waals surface area contributed by atoms with Crippen molar-refractivity contribution in [2.75, 3.05) is 40.3 Å². The molecule has 1 N–H and O–H groups in total. The molecular weight excluding hydrogens is 246 g/mol. The maximum atomic E-state index is 3.48. The molecule has 118 valence electrons. The highest BCUT2D eigenvalue weighted by molar-refractivity contribution is 4.92. The van der Waals surface area contributed by atoms with E-state index >= 15 is 0 Å². The molecule has 0 spiro atoms. The van der Waals surface area contributed by atoms with Crippen LogP contribution in [0.5, 0.6) is 0 Å². The molecule has 2 unspecified atom stereocenters. The van der Waals surface area contributed by atoms with E-state index in [0.717, 1.165) is 5.92 Å². The van der Waals surface area contributed by atoms with E-state index in [2.05, 4.69) is 50.0 Å². The van der Waals surface area contributed by atoms with E-state index in [1.165, 1.54) is 51.9 Å². The highest BCUT2D eigenvalue weighted by Gasteiger charge is 2.37. The summed E-state index contributed by atoms with van der Waals surface area (Å²) in [5.74, 6) is 0.935. The lowest BCUT2D eigenvalue weighted by Gasteiger charge is -2.48. The average Bonchev–Trinajstić information content (AvgIpc) is 2.40. The van der Waals surface area contributed by atoms with Crippen molar-refractivity contribution in [3.05, 3.63) is 0 Å². The summed E-state index contributed by atoms with van der Waals surface area (Å²) in [5, 5.41) is 3.48. The average molecular weight is 281 g/mol. The molecule has 1 aliphatic carbocycles. The van der Waals surface area contributed by atoms with E-state index in [0.29, 0.717) is 17.5 Å². The monoisotopic (exact) mass is 281 g/mol. The summed E-state index contributed by atoms with van der Waals surface area (Å²) in [6, 6.07) is 1.38. The fourth-order valence-electron chi connectivity index (χ4n) is 4.26. The maximum Gasteiger partial charge on any atom is 0.0195 e. The fourth-order valence-corrected chi connectivity index (χ4v) is 4.26. The van der Waals surface area contributed by atoms with E-state index < -0.39 is 0 Å². The number of nitrogens with zero attached hydrogens (tertiary/aromatic N) is 2. The van der Waals surface area contributed by atoms with Crippen molar-refractivity contribution in [3.8, 4) is 0 Å². The first kappa shape index (κ1) is 16.3. The third-order valence-electron chi connectivity index (χ3n) is 5.88. The molecule has 0 aromatic heterocycles. The second-order valence-electron chi connectivity index (χ2n) is 7.77. The topological polar surface area (TPSA) is 18.5 Å². The molecule has 1 aliphatic heterocycles. The van der Waals surface area contributed by atoms with Crippen LogP contribution in [0.1, 0.15) is 46.5 Å². The lowest BCUT2D eigenvalue weighted by molar-refractivity contribution is 0.0158. The van der Waals surface area contributed by atoms with Crippen LogP contribution in [-0.2, 0) is 0 Å². The first-order valence-electron chi connectivity index (χ1n) is 8.55. The zero-order chi connectivity index (χ0) is 14.8. The maximum absolute atomic E-state index is 3.48. The van der Waals surface area contributed by atoms with Gasteiger partial charge in [0, 0.05) is 38.3 Å². The zero-order valence-electron chi connectivity index (χ0n) is 14.3. The van der Waals surface area contributed by atoms with E-state index in [1.54, 1.807) is 0 Å². The zero-order valence-corrected chi connectivity index (χ0v) is 14.3. The normalized spacial score (nSPS) is 41.0. The van der Waals surface area contributed by atoms with Crippen molar-refractivity contribution in [1.29, 1.82) is 0 Å². The number of rotatable bonds is 4. The molecule has 2 aliphatic rings. The minimum atomic E-state index is 0.524. The quantitative estimate of drug-likeness (QED) is 0.854. The summed E-state index contributed by atoms with van der Waals surface area (Å²) in [6.07, 6.45) is 5.65. The van der Waals surface area contributed by atoms with Crippen molar-refractivity contribution in [3.63, 3.8) is 0 Å². The Bertz CT molecular complexity index is 285. The van der Waals surface area contributed by atoms with Crippen molar-refractivity contribution in [2.24, 2.45) is 11.3 Å². The molecule has 1 heterocycles. The Morgan fingerprint density at radius 3 is 2.10 bits per heavy atom.